The van der Waals surface area contributed by atoms with E-state index in [-0.39, 0.29) is 11.7 Å². The number of carbonyl (C=O) groups is 1. The molecule has 0 saturated carbocycles. The molecule has 108 valence electrons. The highest BCUT2D eigenvalue weighted by Gasteiger charge is 2.25. The van der Waals surface area contributed by atoms with Crippen molar-refractivity contribution in [1.29, 1.82) is 0 Å². The van der Waals surface area contributed by atoms with Crippen molar-refractivity contribution >= 4 is 17.3 Å². The van der Waals surface area contributed by atoms with Crippen LogP contribution in [0.3, 0.4) is 0 Å². The first-order valence-corrected chi connectivity index (χ1v) is 6.99. The highest BCUT2D eigenvalue weighted by Crippen LogP contribution is 2.31. The second kappa shape index (κ2) is 5.20. The lowest BCUT2D eigenvalue weighted by molar-refractivity contribution is -0.119. The summed E-state index contributed by atoms with van der Waals surface area (Å²) in [7, 11) is 0. The second-order valence-electron chi connectivity index (χ2n) is 5.38. The topological polar surface area (TPSA) is 46.3 Å². The molecule has 0 aromatic heterocycles. The van der Waals surface area contributed by atoms with Gasteiger partial charge in [-0.15, -0.1) is 0 Å². The molecule has 2 aromatic rings. The van der Waals surface area contributed by atoms with E-state index in [0.29, 0.717) is 30.8 Å². The van der Waals surface area contributed by atoms with Gasteiger partial charge in [0.15, 0.2) is 0 Å². The summed E-state index contributed by atoms with van der Waals surface area (Å²) in [4.78, 5) is 13.9. The molecule has 3 rings (SSSR count). The normalized spacial score (nSPS) is 14.2. The van der Waals surface area contributed by atoms with E-state index in [1.165, 1.54) is 12.1 Å². The van der Waals surface area contributed by atoms with Crippen molar-refractivity contribution in [2.24, 2.45) is 0 Å². The molecule has 21 heavy (non-hydrogen) atoms. The number of benzene rings is 2. The van der Waals surface area contributed by atoms with E-state index >= 15 is 0 Å². The number of nitrogens with two attached hydrogens (primary N) is 1. The average molecular weight is 284 g/mol. The van der Waals surface area contributed by atoms with Gasteiger partial charge in [-0.2, -0.15) is 0 Å². The van der Waals surface area contributed by atoms with Crippen LogP contribution < -0.4 is 10.6 Å². The van der Waals surface area contributed by atoms with Crippen molar-refractivity contribution in [2.75, 3.05) is 10.6 Å². The first-order valence-electron chi connectivity index (χ1n) is 6.99. The molecule has 0 saturated heterocycles. The van der Waals surface area contributed by atoms with E-state index in [1.807, 2.05) is 25.1 Å². The van der Waals surface area contributed by atoms with Gasteiger partial charge in [0.2, 0.25) is 5.91 Å². The molecule has 1 amide bonds. The number of fused-ring (bicyclic) bond motifs is 1. The Morgan fingerprint density at radius 3 is 2.86 bits per heavy atom. The summed E-state index contributed by atoms with van der Waals surface area (Å²) in [6.45, 7) is 2.36. The molecule has 0 fully saturated rings. The number of rotatable bonds is 2. The Morgan fingerprint density at radius 2 is 2.05 bits per heavy atom. The number of nitrogen functional groups attached to an aromatic ring is 1. The van der Waals surface area contributed by atoms with E-state index in [1.54, 1.807) is 11.0 Å². The molecule has 1 aliphatic rings. The Hall–Kier alpha value is -2.36. The van der Waals surface area contributed by atoms with E-state index in [2.05, 4.69) is 0 Å². The molecule has 2 N–H and O–H groups in total. The van der Waals surface area contributed by atoms with Crippen LogP contribution in [-0.2, 0) is 17.8 Å². The van der Waals surface area contributed by atoms with Crippen molar-refractivity contribution in [2.45, 2.75) is 26.3 Å². The van der Waals surface area contributed by atoms with E-state index in [0.717, 1.165) is 16.7 Å². The minimum atomic E-state index is -0.322. The molecular weight excluding hydrogens is 267 g/mol. The van der Waals surface area contributed by atoms with Crippen LogP contribution in [0.1, 0.15) is 23.1 Å². The van der Waals surface area contributed by atoms with Crippen LogP contribution in [0.15, 0.2) is 36.4 Å². The van der Waals surface area contributed by atoms with Crippen molar-refractivity contribution in [3.05, 3.63) is 58.9 Å². The zero-order chi connectivity index (χ0) is 15.0. The van der Waals surface area contributed by atoms with Gasteiger partial charge in [0.05, 0.1) is 12.2 Å². The van der Waals surface area contributed by atoms with E-state index in [9.17, 15) is 9.18 Å². The molecule has 4 heteroatoms. The van der Waals surface area contributed by atoms with Crippen molar-refractivity contribution in [1.82, 2.24) is 0 Å². The number of nitrogens with zero attached hydrogens (tertiary/aromatic N) is 1. The predicted octanol–water partition coefficient (Wildman–Crippen LogP) is 3.20. The van der Waals surface area contributed by atoms with Crippen LogP contribution in [0.2, 0.25) is 0 Å². The van der Waals surface area contributed by atoms with E-state index < -0.39 is 0 Å². The van der Waals surface area contributed by atoms with Crippen LogP contribution >= 0.6 is 0 Å². The number of halogens is 1. The summed E-state index contributed by atoms with van der Waals surface area (Å²) in [6, 6.07) is 10.3. The van der Waals surface area contributed by atoms with Gasteiger partial charge in [-0.1, -0.05) is 18.2 Å². The molecular formula is C17H17FN2O. The fourth-order valence-corrected chi connectivity index (χ4v) is 2.73. The third kappa shape index (κ3) is 2.49. The Morgan fingerprint density at radius 1 is 1.24 bits per heavy atom. The number of amides is 1. The van der Waals surface area contributed by atoms with Crippen LogP contribution in [-0.4, -0.2) is 5.91 Å². The Labute approximate surface area is 123 Å². The second-order valence-corrected chi connectivity index (χ2v) is 5.38. The lowest BCUT2D eigenvalue weighted by Gasteiger charge is -2.30. The van der Waals surface area contributed by atoms with Gasteiger partial charge in [0.25, 0.3) is 0 Å². The maximum absolute atomic E-state index is 13.5. The van der Waals surface area contributed by atoms with Gasteiger partial charge in [-0.3, -0.25) is 4.79 Å². The molecule has 0 radical (unpaired) electrons. The summed E-state index contributed by atoms with van der Waals surface area (Å²) in [5, 5.41) is 0. The molecule has 3 nitrogen and oxygen atoms in total. The third-order valence-electron chi connectivity index (χ3n) is 4.06. The lowest BCUT2D eigenvalue weighted by Crippen LogP contribution is -2.34. The maximum atomic E-state index is 13.5. The molecule has 2 aromatic carbocycles. The Bertz CT molecular complexity index is 712. The first-order chi connectivity index (χ1) is 10.1. The summed E-state index contributed by atoms with van der Waals surface area (Å²) >= 11 is 0. The average Bonchev–Trinajstić information content (AvgIpc) is 2.46. The van der Waals surface area contributed by atoms with Gasteiger partial charge in [-0.25, -0.2) is 4.39 Å². The van der Waals surface area contributed by atoms with Crippen molar-refractivity contribution < 1.29 is 9.18 Å². The maximum Gasteiger partial charge on any atom is 0.227 e. The quantitative estimate of drug-likeness (QED) is 0.861. The number of hydrogen-bond acceptors (Lipinski definition) is 2. The molecule has 0 bridgehead atoms. The van der Waals surface area contributed by atoms with Crippen LogP contribution in [0, 0.1) is 12.7 Å². The smallest absolute Gasteiger partial charge is 0.227 e. The largest absolute Gasteiger partial charge is 0.399 e. The van der Waals surface area contributed by atoms with Gasteiger partial charge >= 0.3 is 0 Å². The first kappa shape index (κ1) is 13.6. The fraction of sp³-hybridized carbons (Fsp3) is 0.235. The van der Waals surface area contributed by atoms with Crippen LogP contribution in [0.25, 0.3) is 0 Å². The summed E-state index contributed by atoms with van der Waals surface area (Å²) < 4.78 is 13.5. The van der Waals surface area contributed by atoms with Gasteiger partial charge in [0.1, 0.15) is 5.82 Å². The van der Waals surface area contributed by atoms with Crippen molar-refractivity contribution in [3.8, 4) is 0 Å². The summed E-state index contributed by atoms with van der Waals surface area (Å²) in [5.41, 5.74) is 10.3. The minimum Gasteiger partial charge on any atom is -0.399 e. The number of anilines is 2. The minimum absolute atomic E-state index is 0.0231. The molecule has 0 atom stereocenters. The van der Waals surface area contributed by atoms with E-state index in [4.69, 9.17) is 5.73 Å². The monoisotopic (exact) mass is 284 g/mol. The predicted molar refractivity (Wildman–Crippen MR) is 81.5 cm³/mol. The zero-order valence-electron chi connectivity index (χ0n) is 11.9. The van der Waals surface area contributed by atoms with Gasteiger partial charge in [-0.05, 0) is 48.2 Å². The number of aryl methyl sites for hydroxylation is 1. The van der Waals surface area contributed by atoms with Gasteiger partial charge < -0.3 is 10.6 Å². The Kier molecular flexibility index (Phi) is 3.37. The molecule has 0 unspecified atom stereocenters. The fourth-order valence-electron chi connectivity index (χ4n) is 2.73. The molecule has 0 spiro atoms. The van der Waals surface area contributed by atoms with Crippen molar-refractivity contribution in [3.63, 3.8) is 0 Å². The Balaban J connectivity index is 2.00. The summed E-state index contributed by atoms with van der Waals surface area (Å²) in [6.07, 6.45) is 1.13. The molecule has 1 heterocycles. The van der Waals surface area contributed by atoms with Crippen LogP contribution in [0.4, 0.5) is 15.8 Å². The van der Waals surface area contributed by atoms with Gasteiger partial charge in [0, 0.05) is 12.1 Å². The lowest BCUT2D eigenvalue weighted by atomic mass is 9.99. The summed E-state index contributed by atoms with van der Waals surface area (Å²) in [5.74, 6) is -0.298. The zero-order valence-corrected chi connectivity index (χ0v) is 11.9. The SMILES string of the molecule is Cc1c(N)cccc1CN1C(=O)CCc2ccc(F)cc21. The molecule has 0 aliphatic carbocycles. The number of hydrogen-bond donors (Lipinski definition) is 1. The highest BCUT2D eigenvalue weighted by molar-refractivity contribution is 5.96. The number of carbonyl (C=O) groups excluding carboxylic acids is 1. The standard InChI is InChI=1S/C17H17FN2O/c1-11-13(3-2-4-15(11)19)10-20-16-9-14(18)7-5-12(16)6-8-17(20)21/h2-5,7,9H,6,8,10,19H2,1H3. The molecule has 1 aliphatic heterocycles. The van der Waals surface area contributed by atoms with Crippen LogP contribution in [0.5, 0.6) is 0 Å². The highest BCUT2D eigenvalue weighted by atomic mass is 19.1. The third-order valence-corrected chi connectivity index (χ3v) is 4.06.